The van der Waals surface area contributed by atoms with Crippen molar-refractivity contribution < 1.29 is 23.8 Å². The van der Waals surface area contributed by atoms with Crippen molar-refractivity contribution in [2.45, 2.75) is 6.92 Å². The van der Waals surface area contributed by atoms with Gasteiger partial charge in [-0.05, 0) is 37.3 Å². The fourth-order valence-corrected chi connectivity index (χ4v) is 1.98. The van der Waals surface area contributed by atoms with Gasteiger partial charge in [-0.1, -0.05) is 18.2 Å². The summed E-state index contributed by atoms with van der Waals surface area (Å²) in [4.78, 5) is 23.8. The lowest BCUT2D eigenvalue weighted by Crippen LogP contribution is -2.43. The maximum absolute atomic E-state index is 12.1. The lowest BCUT2D eigenvalue weighted by Gasteiger charge is -2.12. The van der Waals surface area contributed by atoms with E-state index in [1.54, 1.807) is 36.4 Å². The average Bonchev–Trinajstić information content (AvgIpc) is 2.65. The molecule has 0 aliphatic carbocycles. The van der Waals surface area contributed by atoms with Gasteiger partial charge in [0.25, 0.3) is 11.8 Å². The minimum absolute atomic E-state index is 0.211. The second-order valence-electron chi connectivity index (χ2n) is 4.90. The maximum atomic E-state index is 12.1. The molecule has 0 aliphatic heterocycles. The van der Waals surface area contributed by atoms with Crippen LogP contribution < -0.4 is 25.1 Å². The van der Waals surface area contributed by atoms with Crippen LogP contribution in [0.3, 0.4) is 0 Å². The lowest BCUT2D eigenvalue weighted by atomic mass is 10.2. The number of hydrogen-bond acceptors (Lipinski definition) is 5. The normalized spacial score (nSPS) is 9.84. The van der Waals surface area contributed by atoms with E-state index in [-0.39, 0.29) is 6.61 Å². The van der Waals surface area contributed by atoms with Crippen molar-refractivity contribution in [3.8, 4) is 17.2 Å². The molecule has 0 unspecified atom stereocenters. The van der Waals surface area contributed by atoms with E-state index >= 15 is 0 Å². The Hall–Kier alpha value is -3.22. The Balaban J connectivity index is 1.86. The van der Waals surface area contributed by atoms with Crippen LogP contribution in [0.25, 0.3) is 0 Å². The van der Waals surface area contributed by atoms with Gasteiger partial charge in [-0.3, -0.25) is 20.4 Å². The Bertz CT molecular complexity index is 719. The first kappa shape index (κ1) is 18.1. The van der Waals surface area contributed by atoms with E-state index < -0.39 is 11.8 Å². The van der Waals surface area contributed by atoms with Crippen molar-refractivity contribution in [3.05, 3.63) is 54.1 Å². The minimum Gasteiger partial charge on any atom is -0.493 e. The predicted octanol–water partition coefficient (Wildman–Crippen LogP) is 1.93. The van der Waals surface area contributed by atoms with Crippen molar-refractivity contribution in [1.29, 1.82) is 0 Å². The van der Waals surface area contributed by atoms with E-state index in [0.717, 1.165) is 0 Å². The molecule has 0 atom stereocenters. The molecule has 0 spiro atoms. The predicted molar refractivity (Wildman–Crippen MR) is 91.7 cm³/mol. The summed E-state index contributed by atoms with van der Waals surface area (Å²) in [7, 11) is 1.49. The smallest absolute Gasteiger partial charge is 0.276 e. The van der Waals surface area contributed by atoms with Gasteiger partial charge in [-0.15, -0.1) is 0 Å². The van der Waals surface area contributed by atoms with Crippen LogP contribution in [0.15, 0.2) is 48.5 Å². The molecule has 2 aromatic rings. The van der Waals surface area contributed by atoms with E-state index in [2.05, 4.69) is 10.9 Å². The number of hydrazine groups is 1. The van der Waals surface area contributed by atoms with Crippen LogP contribution in [0.4, 0.5) is 0 Å². The van der Waals surface area contributed by atoms with Crippen LogP contribution in [0, 0.1) is 0 Å². The van der Waals surface area contributed by atoms with Gasteiger partial charge in [0.15, 0.2) is 18.1 Å². The summed E-state index contributed by atoms with van der Waals surface area (Å²) in [5.41, 5.74) is 4.94. The molecule has 0 saturated heterocycles. The molecule has 2 N–H and O–H groups in total. The molecule has 7 heteroatoms. The number of carbonyl (C=O) groups excluding carboxylic acids is 2. The van der Waals surface area contributed by atoms with E-state index in [0.29, 0.717) is 29.4 Å². The standard InChI is InChI=1S/C18H20N2O5/c1-3-24-15-10-9-13(11-16(15)23-2)18(22)20-19-17(21)12-25-14-7-5-4-6-8-14/h4-11H,3,12H2,1-2H3,(H,19,21)(H,20,22). The molecule has 0 aliphatic rings. The SMILES string of the molecule is CCOc1ccc(C(=O)NNC(=O)COc2ccccc2)cc1OC. The molecule has 0 bridgehead atoms. The highest BCUT2D eigenvalue weighted by Gasteiger charge is 2.12. The van der Waals surface area contributed by atoms with Gasteiger partial charge in [0.2, 0.25) is 0 Å². The van der Waals surface area contributed by atoms with Gasteiger partial charge < -0.3 is 14.2 Å². The molecule has 0 radical (unpaired) electrons. The molecule has 0 fully saturated rings. The summed E-state index contributed by atoms with van der Waals surface area (Å²) in [6, 6.07) is 13.7. The number of methoxy groups -OCH3 is 1. The molecule has 7 nitrogen and oxygen atoms in total. The Morgan fingerprint density at radius 3 is 2.40 bits per heavy atom. The zero-order valence-electron chi connectivity index (χ0n) is 14.1. The molecular weight excluding hydrogens is 324 g/mol. The van der Waals surface area contributed by atoms with Gasteiger partial charge >= 0.3 is 0 Å². The molecule has 0 heterocycles. The molecule has 0 saturated carbocycles. The average molecular weight is 344 g/mol. The van der Waals surface area contributed by atoms with E-state index in [1.165, 1.54) is 13.2 Å². The molecule has 0 aromatic heterocycles. The van der Waals surface area contributed by atoms with E-state index in [9.17, 15) is 9.59 Å². The number of ether oxygens (including phenoxy) is 3. The first-order chi connectivity index (χ1) is 12.1. The van der Waals surface area contributed by atoms with Crippen LogP contribution in [0.2, 0.25) is 0 Å². The van der Waals surface area contributed by atoms with Crippen LogP contribution in [-0.4, -0.2) is 32.1 Å². The first-order valence-corrected chi connectivity index (χ1v) is 7.72. The van der Waals surface area contributed by atoms with Crippen molar-refractivity contribution >= 4 is 11.8 Å². The Morgan fingerprint density at radius 2 is 1.72 bits per heavy atom. The van der Waals surface area contributed by atoms with Gasteiger partial charge in [-0.25, -0.2) is 0 Å². The summed E-state index contributed by atoms with van der Waals surface area (Å²) >= 11 is 0. The van der Waals surface area contributed by atoms with Crippen LogP contribution in [-0.2, 0) is 4.79 Å². The Morgan fingerprint density at radius 1 is 0.960 bits per heavy atom. The largest absolute Gasteiger partial charge is 0.493 e. The van der Waals surface area contributed by atoms with Gasteiger partial charge in [0.1, 0.15) is 5.75 Å². The number of nitrogens with one attached hydrogen (secondary N) is 2. The monoisotopic (exact) mass is 344 g/mol. The van der Waals surface area contributed by atoms with Crippen molar-refractivity contribution in [2.75, 3.05) is 20.3 Å². The molecular formula is C18H20N2O5. The summed E-state index contributed by atoms with van der Waals surface area (Å²) in [6.07, 6.45) is 0. The van der Waals surface area contributed by atoms with Crippen LogP contribution in [0.1, 0.15) is 17.3 Å². The second kappa shape index (κ2) is 9.17. The zero-order chi connectivity index (χ0) is 18.1. The fraction of sp³-hybridized carbons (Fsp3) is 0.222. The third kappa shape index (κ3) is 5.42. The highest BCUT2D eigenvalue weighted by molar-refractivity contribution is 5.96. The fourth-order valence-electron chi connectivity index (χ4n) is 1.98. The number of carbonyl (C=O) groups is 2. The lowest BCUT2D eigenvalue weighted by molar-refractivity contribution is -0.123. The van der Waals surface area contributed by atoms with Crippen LogP contribution >= 0.6 is 0 Å². The van der Waals surface area contributed by atoms with E-state index in [1.807, 2.05) is 13.0 Å². The first-order valence-electron chi connectivity index (χ1n) is 7.72. The third-order valence-electron chi connectivity index (χ3n) is 3.15. The van der Waals surface area contributed by atoms with Crippen molar-refractivity contribution in [1.82, 2.24) is 10.9 Å². The number of para-hydroxylation sites is 1. The summed E-state index contributed by atoms with van der Waals surface area (Å²) < 4.78 is 15.9. The highest BCUT2D eigenvalue weighted by Crippen LogP contribution is 2.27. The van der Waals surface area contributed by atoms with Gasteiger partial charge in [0.05, 0.1) is 13.7 Å². The molecule has 132 valence electrons. The number of benzene rings is 2. The van der Waals surface area contributed by atoms with Crippen molar-refractivity contribution in [2.24, 2.45) is 0 Å². The Kier molecular flexibility index (Phi) is 6.65. The maximum Gasteiger partial charge on any atom is 0.276 e. The summed E-state index contributed by atoms with van der Waals surface area (Å²) in [5.74, 6) is 0.597. The topological polar surface area (TPSA) is 85.9 Å². The van der Waals surface area contributed by atoms with Crippen LogP contribution in [0.5, 0.6) is 17.2 Å². The van der Waals surface area contributed by atoms with Gasteiger partial charge in [-0.2, -0.15) is 0 Å². The Labute approximate surface area is 145 Å². The van der Waals surface area contributed by atoms with E-state index in [4.69, 9.17) is 14.2 Å². The number of rotatable bonds is 7. The molecule has 2 aromatic carbocycles. The number of hydrogen-bond donors (Lipinski definition) is 2. The number of amides is 2. The minimum atomic E-state index is -0.477. The second-order valence-corrected chi connectivity index (χ2v) is 4.90. The molecule has 2 amide bonds. The summed E-state index contributed by atoms with van der Waals surface area (Å²) in [6.45, 7) is 2.13. The van der Waals surface area contributed by atoms with Gasteiger partial charge in [0, 0.05) is 5.56 Å². The highest BCUT2D eigenvalue weighted by atomic mass is 16.5. The summed E-state index contributed by atoms with van der Waals surface area (Å²) in [5, 5.41) is 0. The zero-order valence-corrected chi connectivity index (χ0v) is 14.1. The van der Waals surface area contributed by atoms with Crippen molar-refractivity contribution in [3.63, 3.8) is 0 Å². The third-order valence-corrected chi connectivity index (χ3v) is 3.15. The quantitative estimate of drug-likeness (QED) is 0.750. The molecule has 2 rings (SSSR count). The molecule has 25 heavy (non-hydrogen) atoms.